The Morgan fingerprint density at radius 2 is 2.00 bits per heavy atom. The second-order valence-corrected chi connectivity index (χ2v) is 5.18. The van der Waals surface area contributed by atoms with E-state index in [1.54, 1.807) is 0 Å². The highest BCUT2D eigenvalue weighted by molar-refractivity contribution is 7.98. The summed E-state index contributed by atoms with van der Waals surface area (Å²) in [6.45, 7) is 0.750. The first kappa shape index (κ1) is 15.1. The average molecular weight is 267 g/mol. The van der Waals surface area contributed by atoms with Gasteiger partial charge >= 0.3 is 5.97 Å². The van der Waals surface area contributed by atoms with E-state index in [2.05, 4.69) is 11.6 Å². The Bertz CT molecular complexity index is 343. The first-order valence-electron chi connectivity index (χ1n) is 6.25. The zero-order chi connectivity index (χ0) is 13.2. The van der Waals surface area contributed by atoms with Crippen LogP contribution in [-0.4, -0.2) is 29.6 Å². The number of carboxylic acids is 1. The van der Waals surface area contributed by atoms with E-state index in [4.69, 9.17) is 0 Å². The third kappa shape index (κ3) is 5.56. The molecule has 1 atom stereocenters. The highest BCUT2D eigenvalue weighted by Gasteiger charge is 2.17. The number of benzene rings is 1. The van der Waals surface area contributed by atoms with Gasteiger partial charge in [-0.15, -0.1) is 0 Å². The number of unbranched alkanes of at least 4 members (excludes halogenated alkanes) is 2. The van der Waals surface area contributed by atoms with Gasteiger partial charge in [0.1, 0.15) is 6.04 Å². The van der Waals surface area contributed by atoms with Gasteiger partial charge in [0.05, 0.1) is 0 Å². The van der Waals surface area contributed by atoms with Crippen molar-refractivity contribution in [1.82, 2.24) is 5.32 Å². The maximum atomic E-state index is 11.2. The van der Waals surface area contributed by atoms with Crippen LogP contribution < -0.4 is 5.32 Å². The van der Waals surface area contributed by atoms with Gasteiger partial charge in [0, 0.05) is 0 Å². The van der Waals surface area contributed by atoms with E-state index in [9.17, 15) is 9.90 Å². The van der Waals surface area contributed by atoms with Gasteiger partial charge < -0.3 is 10.4 Å². The summed E-state index contributed by atoms with van der Waals surface area (Å²) in [5.74, 6) is 0.367. The van der Waals surface area contributed by atoms with Crippen LogP contribution >= 0.6 is 11.8 Å². The van der Waals surface area contributed by atoms with Crippen molar-refractivity contribution in [2.24, 2.45) is 0 Å². The van der Waals surface area contributed by atoms with Gasteiger partial charge in [-0.3, -0.25) is 4.79 Å². The number of hydrogen-bond acceptors (Lipinski definition) is 3. The number of carboxylic acid groups (broad SMARTS) is 1. The molecule has 0 aliphatic heterocycles. The fraction of sp³-hybridized carbons (Fsp3) is 0.500. The minimum Gasteiger partial charge on any atom is -0.480 e. The summed E-state index contributed by atoms with van der Waals surface area (Å²) >= 11 is 1.85. The summed E-state index contributed by atoms with van der Waals surface area (Å²) in [5.41, 5.74) is 0.814. The van der Waals surface area contributed by atoms with Crippen LogP contribution in [0.15, 0.2) is 30.3 Å². The number of carbonyl (C=O) groups is 1. The molecule has 0 aliphatic rings. The van der Waals surface area contributed by atoms with E-state index < -0.39 is 12.0 Å². The second kappa shape index (κ2) is 9.00. The topological polar surface area (TPSA) is 49.3 Å². The highest BCUT2D eigenvalue weighted by Crippen LogP contribution is 2.12. The van der Waals surface area contributed by atoms with E-state index in [-0.39, 0.29) is 0 Å². The Hall–Kier alpha value is -1.00. The third-order valence-electron chi connectivity index (χ3n) is 2.75. The van der Waals surface area contributed by atoms with Crippen molar-refractivity contribution in [2.45, 2.75) is 25.3 Å². The van der Waals surface area contributed by atoms with E-state index in [1.165, 1.54) is 12.2 Å². The number of nitrogens with one attached hydrogen (secondary N) is 1. The van der Waals surface area contributed by atoms with Gasteiger partial charge in [0.15, 0.2) is 0 Å². The van der Waals surface area contributed by atoms with Crippen LogP contribution in [0.25, 0.3) is 0 Å². The normalized spacial score (nSPS) is 12.3. The molecule has 0 aliphatic carbocycles. The minimum absolute atomic E-state index is 0.591. The van der Waals surface area contributed by atoms with Crippen LogP contribution in [0.1, 0.15) is 30.9 Å². The summed E-state index contributed by atoms with van der Waals surface area (Å²) < 4.78 is 0. The maximum absolute atomic E-state index is 11.2. The molecule has 100 valence electrons. The van der Waals surface area contributed by atoms with Crippen LogP contribution in [0.3, 0.4) is 0 Å². The molecule has 1 rings (SSSR count). The molecule has 0 heterocycles. The van der Waals surface area contributed by atoms with Gasteiger partial charge in [-0.1, -0.05) is 36.8 Å². The molecule has 0 amide bonds. The van der Waals surface area contributed by atoms with Crippen LogP contribution in [0.4, 0.5) is 0 Å². The maximum Gasteiger partial charge on any atom is 0.325 e. The Kier molecular flexibility index (Phi) is 7.53. The minimum atomic E-state index is -0.815. The lowest BCUT2D eigenvalue weighted by Gasteiger charge is -2.14. The summed E-state index contributed by atoms with van der Waals surface area (Å²) in [5, 5.41) is 12.3. The molecule has 1 aromatic carbocycles. The molecule has 0 saturated heterocycles. The molecule has 3 nitrogen and oxygen atoms in total. The van der Waals surface area contributed by atoms with Gasteiger partial charge in [-0.2, -0.15) is 11.8 Å². The largest absolute Gasteiger partial charge is 0.480 e. The van der Waals surface area contributed by atoms with Crippen molar-refractivity contribution in [2.75, 3.05) is 18.6 Å². The summed E-state index contributed by atoms with van der Waals surface area (Å²) in [6.07, 6.45) is 5.48. The lowest BCUT2D eigenvalue weighted by molar-refractivity contribution is -0.139. The number of thioether (sulfide) groups is 1. The van der Waals surface area contributed by atoms with Crippen molar-refractivity contribution in [1.29, 1.82) is 0 Å². The number of rotatable bonds is 9. The molecular formula is C14H21NO2S. The molecule has 18 heavy (non-hydrogen) atoms. The van der Waals surface area contributed by atoms with Crippen molar-refractivity contribution in [3.63, 3.8) is 0 Å². The Labute approximate surface area is 113 Å². The van der Waals surface area contributed by atoms with Gasteiger partial charge in [-0.05, 0) is 37.0 Å². The number of aliphatic carboxylic acids is 1. The lowest BCUT2D eigenvalue weighted by atomic mass is 10.1. The molecule has 4 heteroatoms. The van der Waals surface area contributed by atoms with E-state index >= 15 is 0 Å². The first-order chi connectivity index (χ1) is 8.75. The molecule has 0 bridgehead atoms. The summed E-state index contributed by atoms with van der Waals surface area (Å²) in [6, 6.07) is 8.73. The Morgan fingerprint density at radius 3 is 2.61 bits per heavy atom. The molecule has 0 radical (unpaired) electrons. The fourth-order valence-corrected chi connectivity index (χ4v) is 2.28. The molecule has 2 N–H and O–H groups in total. The van der Waals surface area contributed by atoms with Gasteiger partial charge in [-0.25, -0.2) is 0 Å². The third-order valence-corrected chi connectivity index (χ3v) is 3.45. The predicted molar refractivity (Wildman–Crippen MR) is 77.1 cm³/mol. The Balaban J connectivity index is 2.34. The molecule has 0 aromatic heterocycles. The van der Waals surface area contributed by atoms with Crippen molar-refractivity contribution >= 4 is 17.7 Å². The smallest absolute Gasteiger partial charge is 0.325 e. The van der Waals surface area contributed by atoms with E-state index in [0.717, 1.165) is 24.9 Å². The van der Waals surface area contributed by atoms with Crippen molar-refractivity contribution in [3.05, 3.63) is 35.9 Å². The molecule has 0 saturated carbocycles. The van der Waals surface area contributed by atoms with Gasteiger partial charge in [0.25, 0.3) is 0 Å². The van der Waals surface area contributed by atoms with Crippen LogP contribution in [0.5, 0.6) is 0 Å². The first-order valence-corrected chi connectivity index (χ1v) is 7.65. The second-order valence-electron chi connectivity index (χ2n) is 4.19. The average Bonchev–Trinajstić information content (AvgIpc) is 2.38. The predicted octanol–water partition coefficient (Wildman–Crippen LogP) is 2.94. The molecular weight excluding hydrogens is 246 g/mol. The van der Waals surface area contributed by atoms with E-state index in [1.807, 2.05) is 42.1 Å². The lowest BCUT2D eigenvalue weighted by Crippen LogP contribution is -2.29. The van der Waals surface area contributed by atoms with Gasteiger partial charge in [0.2, 0.25) is 0 Å². The van der Waals surface area contributed by atoms with Crippen molar-refractivity contribution in [3.8, 4) is 0 Å². The molecule has 1 unspecified atom stereocenters. The van der Waals surface area contributed by atoms with Crippen LogP contribution in [0, 0.1) is 0 Å². The van der Waals surface area contributed by atoms with Crippen molar-refractivity contribution < 1.29 is 9.90 Å². The monoisotopic (exact) mass is 267 g/mol. The zero-order valence-corrected chi connectivity index (χ0v) is 11.6. The Morgan fingerprint density at radius 1 is 1.28 bits per heavy atom. The standard InChI is InChI=1S/C14H21NO2S/c1-18-11-7-3-6-10-15-13(14(16)17)12-8-4-2-5-9-12/h2,4-5,8-9,13,15H,3,6-7,10-11H2,1H3,(H,16,17). The summed E-state index contributed by atoms with van der Waals surface area (Å²) in [7, 11) is 0. The quantitative estimate of drug-likeness (QED) is 0.675. The number of hydrogen-bond donors (Lipinski definition) is 2. The fourth-order valence-electron chi connectivity index (χ4n) is 1.79. The van der Waals surface area contributed by atoms with Crippen LogP contribution in [0.2, 0.25) is 0 Å². The molecule has 0 fully saturated rings. The molecule has 0 spiro atoms. The SMILES string of the molecule is CSCCCCCNC(C(=O)O)c1ccccc1. The van der Waals surface area contributed by atoms with Crippen LogP contribution in [-0.2, 0) is 4.79 Å². The highest BCUT2D eigenvalue weighted by atomic mass is 32.2. The molecule has 1 aromatic rings. The van der Waals surface area contributed by atoms with E-state index in [0.29, 0.717) is 0 Å². The zero-order valence-electron chi connectivity index (χ0n) is 10.8. The summed E-state index contributed by atoms with van der Waals surface area (Å²) in [4.78, 5) is 11.2.